The van der Waals surface area contributed by atoms with Crippen LogP contribution in [0.25, 0.3) is 0 Å². The highest BCUT2D eigenvalue weighted by atomic mass is 16.2. The van der Waals surface area contributed by atoms with E-state index in [0.29, 0.717) is 11.3 Å². The van der Waals surface area contributed by atoms with Gasteiger partial charge in [-0.05, 0) is 44.5 Å². The van der Waals surface area contributed by atoms with E-state index in [-0.39, 0.29) is 18.0 Å². The molecule has 0 bridgehead atoms. The Kier molecular flexibility index (Phi) is 3.79. The third-order valence-corrected chi connectivity index (χ3v) is 3.52. The van der Waals surface area contributed by atoms with Crippen LogP contribution in [0.4, 0.5) is 0 Å². The number of pyridine rings is 1. The average Bonchev–Trinajstić information content (AvgIpc) is 2.68. The van der Waals surface area contributed by atoms with Gasteiger partial charge in [0.1, 0.15) is 5.69 Å². The summed E-state index contributed by atoms with van der Waals surface area (Å²) in [6, 6.07) is 5.56. The van der Waals surface area contributed by atoms with Crippen molar-refractivity contribution in [2.45, 2.75) is 27.3 Å². The van der Waals surface area contributed by atoms with Crippen LogP contribution in [0.3, 0.4) is 0 Å². The van der Waals surface area contributed by atoms with Gasteiger partial charge in [0.25, 0.3) is 11.5 Å². The number of rotatable bonds is 3. The number of carbonyl (C=O) groups excluding carboxylic acids is 1. The van der Waals surface area contributed by atoms with E-state index in [1.165, 1.54) is 0 Å². The number of amides is 1. The molecule has 0 aliphatic rings. The Morgan fingerprint density at radius 2 is 2.00 bits per heavy atom. The van der Waals surface area contributed by atoms with Gasteiger partial charge in [-0.15, -0.1) is 0 Å². The molecule has 5 heteroatoms. The normalized spacial score (nSPS) is 10.6. The second-order valence-electron chi connectivity index (χ2n) is 5.04. The Balaban J connectivity index is 2.16. The maximum absolute atomic E-state index is 12.1. The minimum atomic E-state index is -0.181. The van der Waals surface area contributed by atoms with Gasteiger partial charge >= 0.3 is 0 Å². The minimum Gasteiger partial charge on any atom is -0.346 e. The van der Waals surface area contributed by atoms with E-state index < -0.39 is 0 Å². The number of hydrogen-bond acceptors (Lipinski definition) is 2. The fourth-order valence-corrected chi connectivity index (χ4v) is 2.20. The van der Waals surface area contributed by atoms with E-state index in [1.807, 2.05) is 44.5 Å². The first kappa shape index (κ1) is 14.1. The molecule has 2 N–H and O–H groups in total. The molecule has 20 heavy (non-hydrogen) atoms. The summed E-state index contributed by atoms with van der Waals surface area (Å²) in [7, 11) is 1.84. The van der Waals surface area contributed by atoms with Crippen molar-refractivity contribution in [1.29, 1.82) is 0 Å². The Labute approximate surface area is 117 Å². The first-order chi connectivity index (χ1) is 9.40. The van der Waals surface area contributed by atoms with Crippen molar-refractivity contribution in [3.63, 3.8) is 0 Å². The summed E-state index contributed by atoms with van der Waals surface area (Å²) in [5.41, 5.74) is 3.75. The zero-order valence-corrected chi connectivity index (χ0v) is 12.2. The molecule has 2 aromatic rings. The standard InChI is InChI=1S/C15H19N3O2/c1-9-7-10(2)17-14(19)12(9)8-16-15(20)13-6-5-11(3)18(13)4/h5-7H,8H2,1-4H3,(H,16,20)(H,17,19). The molecule has 0 unspecified atom stereocenters. The number of aromatic amines is 1. The van der Waals surface area contributed by atoms with Crippen LogP contribution in [0.15, 0.2) is 23.0 Å². The number of H-pyrrole nitrogens is 1. The lowest BCUT2D eigenvalue weighted by molar-refractivity contribution is 0.0942. The fraction of sp³-hybridized carbons (Fsp3) is 0.333. The topological polar surface area (TPSA) is 66.9 Å². The van der Waals surface area contributed by atoms with Gasteiger partial charge in [0, 0.05) is 30.5 Å². The molecule has 0 aliphatic heterocycles. The molecule has 1 amide bonds. The summed E-state index contributed by atoms with van der Waals surface area (Å²) in [4.78, 5) is 26.7. The lowest BCUT2D eigenvalue weighted by Crippen LogP contribution is -2.29. The van der Waals surface area contributed by atoms with Crippen molar-refractivity contribution in [2.75, 3.05) is 0 Å². The zero-order chi connectivity index (χ0) is 14.9. The molecule has 2 aromatic heterocycles. The number of hydrogen-bond donors (Lipinski definition) is 2. The molecule has 2 heterocycles. The van der Waals surface area contributed by atoms with Crippen molar-refractivity contribution in [1.82, 2.24) is 14.9 Å². The number of aromatic nitrogens is 2. The SMILES string of the molecule is Cc1cc(C)c(CNC(=O)c2ccc(C)n2C)c(=O)[nH]1. The van der Waals surface area contributed by atoms with Crippen molar-refractivity contribution in [3.8, 4) is 0 Å². The predicted molar refractivity (Wildman–Crippen MR) is 77.9 cm³/mol. The molecule has 5 nitrogen and oxygen atoms in total. The number of aryl methyl sites for hydroxylation is 3. The quantitative estimate of drug-likeness (QED) is 0.891. The van der Waals surface area contributed by atoms with Gasteiger partial charge in [-0.25, -0.2) is 0 Å². The van der Waals surface area contributed by atoms with Crippen LogP contribution in [0.2, 0.25) is 0 Å². The number of nitrogens with zero attached hydrogens (tertiary/aromatic N) is 1. The highest BCUT2D eigenvalue weighted by Gasteiger charge is 2.12. The Morgan fingerprint density at radius 1 is 1.30 bits per heavy atom. The molecule has 0 atom stereocenters. The maximum Gasteiger partial charge on any atom is 0.268 e. The van der Waals surface area contributed by atoms with Crippen LogP contribution in [0.1, 0.15) is 33.0 Å². The highest BCUT2D eigenvalue weighted by Crippen LogP contribution is 2.07. The van der Waals surface area contributed by atoms with Crippen LogP contribution < -0.4 is 10.9 Å². The van der Waals surface area contributed by atoms with Crippen LogP contribution >= 0.6 is 0 Å². The lowest BCUT2D eigenvalue weighted by atomic mass is 10.1. The van der Waals surface area contributed by atoms with E-state index in [0.717, 1.165) is 17.0 Å². The number of carbonyl (C=O) groups is 1. The molecule has 0 saturated carbocycles. The predicted octanol–water partition coefficient (Wildman–Crippen LogP) is 1.57. The van der Waals surface area contributed by atoms with E-state index >= 15 is 0 Å². The van der Waals surface area contributed by atoms with Crippen molar-refractivity contribution >= 4 is 5.91 Å². The van der Waals surface area contributed by atoms with Crippen molar-refractivity contribution in [3.05, 3.63) is 56.8 Å². The van der Waals surface area contributed by atoms with Gasteiger partial charge in [0.05, 0.1) is 0 Å². The zero-order valence-electron chi connectivity index (χ0n) is 12.2. The summed E-state index contributed by atoms with van der Waals surface area (Å²) >= 11 is 0. The van der Waals surface area contributed by atoms with Gasteiger partial charge in [-0.1, -0.05) is 0 Å². The Hall–Kier alpha value is -2.30. The molecule has 0 aromatic carbocycles. The third-order valence-electron chi connectivity index (χ3n) is 3.52. The molecule has 0 spiro atoms. The van der Waals surface area contributed by atoms with Crippen molar-refractivity contribution in [2.24, 2.45) is 7.05 Å². The molecule has 2 rings (SSSR count). The average molecular weight is 273 g/mol. The van der Waals surface area contributed by atoms with Gasteiger partial charge in [-0.2, -0.15) is 0 Å². The molecule has 0 radical (unpaired) electrons. The summed E-state index contributed by atoms with van der Waals surface area (Å²) in [6.45, 7) is 5.87. The van der Waals surface area contributed by atoms with Crippen LogP contribution in [-0.4, -0.2) is 15.5 Å². The smallest absolute Gasteiger partial charge is 0.268 e. The second-order valence-corrected chi connectivity index (χ2v) is 5.04. The molecular weight excluding hydrogens is 254 g/mol. The first-order valence-corrected chi connectivity index (χ1v) is 6.50. The lowest BCUT2D eigenvalue weighted by Gasteiger charge is -2.09. The summed E-state index contributed by atoms with van der Waals surface area (Å²) < 4.78 is 1.82. The molecule has 0 aliphatic carbocycles. The number of nitrogens with one attached hydrogen (secondary N) is 2. The van der Waals surface area contributed by atoms with Gasteiger partial charge in [0.2, 0.25) is 0 Å². The fourth-order valence-electron chi connectivity index (χ4n) is 2.20. The maximum atomic E-state index is 12.1. The van der Waals surface area contributed by atoms with Crippen molar-refractivity contribution < 1.29 is 4.79 Å². The monoisotopic (exact) mass is 273 g/mol. The summed E-state index contributed by atoms with van der Waals surface area (Å²) in [6.07, 6.45) is 0. The molecule has 106 valence electrons. The Morgan fingerprint density at radius 3 is 2.55 bits per heavy atom. The van der Waals surface area contributed by atoms with Crippen LogP contribution in [0, 0.1) is 20.8 Å². The van der Waals surface area contributed by atoms with E-state index in [4.69, 9.17) is 0 Å². The Bertz CT molecular complexity index is 710. The first-order valence-electron chi connectivity index (χ1n) is 6.50. The highest BCUT2D eigenvalue weighted by molar-refractivity contribution is 5.92. The minimum absolute atomic E-state index is 0.147. The van der Waals surface area contributed by atoms with E-state index in [2.05, 4.69) is 10.3 Å². The van der Waals surface area contributed by atoms with Gasteiger partial charge < -0.3 is 14.9 Å². The van der Waals surface area contributed by atoms with Crippen LogP contribution in [0.5, 0.6) is 0 Å². The molecule has 0 fully saturated rings. The third kappa shape index (κ3) is 2.66. The molecular formula is C15H19N3O2. The largest absolute Gasteiger partial charge is 0.346 e. The molecule has 0 saturated heterocycles. The van der Waals surface area contributed by atoms with E-state index in [1.54, 1.807) is 6.07 Å². The van der Waals surface area contributed by atoms with Crippen LogP contribution in [-0.2, 0) is 13.6 Å². The second kappa shape index (κ2) is 5.36. The van der Waals surface area contributed by atoms with Gasteiger partial charge in [-0.3, -0.25) is 9.59 Å². The van der Waals surface area contributed by atoms with E-state index in [9.17, 15) is 9.59 Å². The summed E-state index contributed by atoms with van der Waals surface area (Å²) in [5, 5.41) is 2.79. The van der Waals surface area contributed by atoms with Gasteiger partial charge in [0.15, 0.2) is 0 Å². The summed E-state index contributed by atoms with van der Waals surface area (Å²) in [5.74, 6) is -0.181.